The summed E-state index contributed by atoms with van der Waals surface area (Å²) in [5.74, 6) is 0. The summed E-state index contributed by atoms with van der Waals surface area (Å²) >= 11 is -1.08. The van der Waals surface area contributed by atoms with Crippen molar-refractivity contribution in [2.45, 2.75) is 38.5 Å². The predicted molar refractivity (Wildman–Crippen MR) is 81.2 cm³/mol. The molecule has 0 saturated carbocycles. The smallest absolute Gasteiger partial charge is 0.136 e. The minimum Gasteiger partial charge on any atom is -0.598 e. The van der Waals surface area contributed by atoms with Crippen molar-refractivity contribution in [3.8, 4) is 0 Å². The van der Waals surface area contributed by atoms with Crippen LogP contribution in [-0.4, -0.2) is 14.3 Å². The second-order valence-electron chi connectivity index (χ2n) is 5.64. The highest BCUT2D eigenvalue weighted by atomic mass is 32.2. The van der Waals surface area contributed by atoms with Crippen LogP contribution in [-0.2, 0) is 11.4 Å². The second-order valence-corrected chi connectivity index (χ2v) is 7.64. The molecule has 1 heterocycles. The maximum Gasteiger partial charge on any atom is 0.136 e. The molecule has 0 bridgehead atoms. The minimum atomic E-state index is -1.08. The lowest BCUT2D eigenvalue weighted by molar-refractivity contribution is 0.532. The van der Waals surface area contributed by atoms with Crippen molar-refractivity contribution in [3.05, 3.63) is 42.1 Å². The van der Waals surface area contributed by atoms with Crippen LogP contribution in [0.1, 0.15) is 39.3 Å². The van der Waals surface area contributed by atoms with Gasteiger partial charge < -0.3 is 4.55 Å². The van der Waals surface area contributed by atoms with E-state index < -0.39 is 11.4 Å². The zero-order chi connectivity index (χ0) is 14.0. The first-order valence-electron chi connectivity index (χ1n) is 6.41. The molecule has 0 saturated heterocycles. The molecule has 2 aromatic rings. The van der Waals surface area contributed by atoms with Gasteiger partial charge in [0.15, 0.2) is 0 Å². The first-order valence-corrected chi connectivity index (χ1v) is 7.56. The van der Waals surface area contributed by atoms with E-state index in [0.717, 1.165) is 16.5 Å². The third kappa shape index (κ3) is 3.26. The summed E-state index contributed by atoms with van der Waals surface area (Å²) in [5.41, 5.74) is 2.10. The Kier molecular flexibility index (Phi) is 4.13. The third-order valence-corrected chi connectivity index (χ3v) is 4.67. The maximum absolute atomic E-state index is 12.2. The summed E-state index contributed by atoms with van der Waals surface area (Å²) in [7, 11) is 0. The van der Waals surface area contributed by atoms with Gasteiger partial charge in [0.2, 0.25) is 0 Å². The number of rotatable bonds is 3. The highest BCUT2D eigenvalue weighted by Gasteiger charge is 2.28. The summed E-state index contributed by atoms with van der Waals surface area (Å²) in [5, 5.41) is 1.11. The second kappa shape index (κ2) is 5.49. The van der Waals surface area contributed by atoms with E-state index in [9.17, 15) is 4.55 Å². The molecule has 0 aliphatic carbocycles. The van der Waals surface area contributed by atoms with Gasteiger partial charge in [0.1, 0.15) is 4.75 Å². The molecule has 0 aliphatic heterocycles. The lowest BCUT2D eigenvalue weighted by atomic mass is 10.0. The van der Waals surface area contributed by atoms with Crippen LogP contribution >= 0.6 is 0 Å². The van der Waals surface area contributed by atoms with Crippen molar-refractivity contribution < 1.29 is 4.55 Å². The number of fused-ring (bicyclic) bond motifs is 1. The fraction of sp³-hybridized carbons (Fsp3) is 0.400. The molecular formula is C15H20N2OS. The first kappa shape index (κ1) is 14.3. The Morgan fingerprint density at radius 3 is 2.58 bits per heavy atom. The maximum atomic E-state index is 12.2. The number of aromatic nitrogens is 1. The van der Waals surface area contributed by atoms with Crippen LogP contribution in [0.3, 0.4) is 0 Å². The third-order valence-electron chi connectivity index (χ3n) is 2.99. The van der Waals surface area contributed by atoms with Gasteiger partial charge in [-0.3, -0.25) is 4.98 Å². The van der Waals surface area contributed by atoms with Gasteiger partial charge in [-0.1, -0.05) is 18.2 Å². The van der Waals surface area contributed by atoms with Crippen LogP contribution in [0.25, 0.3) is 10.9 Å². The summed E-state index contributed by atoms with van der Waals surface area (Å²) in [6, 6.07) is 10.0. The number of hydrogen-bond acceptors (Lipinski definition) is 3. The van der Waals surface area contributed by atoms with Crippen LogP contribution < -0.4 is 4.72 Å². The van der Waals surface area contributed by atoms with Crippen LogP contribution in [0.15, 0.2) is 36.5 Å². The topological polar surface area (TPSA) is 48.0 Å². The van der Waals surface area contributed by atoms with E-state index in [4.69, 9.17) is 0 Å². The molecule has 0 amide bonds. The zero-order valence-electron chi connectivity index (χ0n) is 11.8. The summed E-state index contributed by atoms with van der Waals surface area (Å²) in [6.45, 7) is 7.93. The molecule has 19 heavy (non-hydrogen) atoms. The van der Waals surface area contributed by atoms with Gasteiger partial charge in [0.05, 0.1) is 11.6 Å². The molecule has 102 valence electrons. The molecule has 0 spiro atoms. The summed E-state index contributed by atoms with van der Waals surface area (Å²) < 4.78 is 15.1. The Morgan fingerprint density at radius 2 is 1.89 bits per heavy atom. The lowest BCUT2D eigenvalue weighted by Crippen LogP contribution is -2.40. The van der Waals surface area contributed by atoms with Gasteiger partial charge in [-0.15, -0.1) is 4.72 Å². The average molecular weight is 276 g/mol. The zero-order valence-corrected chi connectivity index (χ0v) is 12.6. The van der Waals surface area contributed by atoms with E-state index >= 15 is 0 Å². The number of nitrogens with zero attached hydrogens (tertiary/aromatic N) is 1. The predicted octanol–water partition coefficient (Wildman–Crippen LogP) is 3.35. The van der Waals surface area contributed by atoms with Crippen LogP contribution in [0, 0.1) is 0 Å². The standard InChI is InChI=1S/C15H20N2OS/c1-11(17-19(18)15(2,3)4)12-9-10-16-14-8-6-5-7-13(12)14/h5-11,17H,1-4H3/t11-,19?/m0/s1. The largest absolute Gasteiger partial charge is 0.598 e. The molecule has 0 radical (unpaired) electrons. The molecule has 3 nitrogen and oxygen atoms in total. The van der Waals surface area contributed by atoms with E-state index in [1.54, 1.807) is 6.20 Å². The highest BCUT2D eigenvalue weighted by Crippen LogP contribution is 2.25. The number of benzene rings is 1. The fourth-order valence-corrected chi connectivity index (χ4v) is 2.70. The Labute approximate surface area is 117 Å². The fourth-order valence-electron chi connectivity index (χ4n) is 1.90. The normalized spacial score (nSPS) is 15.4. The molecule has 2 rings (SSSR count). The Bertz CT molecular complexity index is 560. The van der Waals surface area contributed by atoms with Crippen molar-refractivity contribution in [1.82, 2.24) is 9.71 Å². The van der Waals surface area contributed by atoms with Crippen LogP contribution in [0.4, 0.5) is 0 Å². The van der Waals surface area contributed by atoms with E-state index in [-0.39, 0.29) is 10.8 Å². The molecule has 1 unspecified atom stereocenters. The molecule has 1 aromatic heterocycles. The number of hydrogen-bond donors (Lipinski definition) is 1. The van der Waals surface area contributed by atoms with Gasteiger partial charge >= 0.3 is 0 Å². The van der Waals surface area contributed by atoms with Gasteiger partial charge in [-0.2, -0.15) is 0 Å². The molecule has 4 heteroatoms. The Hall–Kier alpha value is -1.10. The molecule has 2 atom stereocenters. The average Bonchev–Trinajstić information content (AvgIpc) is 2.36. The molecule has 1 N–H and O–H groups in total. The summed E-state index contributed by atoms with van der Waals surface area (Å²) in [6.07, 6.45) is 1.80. The highest BCUT2D eigenvalue weighted by molar-refractivity contribution is 7.90. The summed E-state index contributed by atoms with van der Waals surface area (Å²) in [4.78, 5) is 4.35. The number of para-hydroxylation sites is 1. The van der Waals surface area contributed by atoms with Gasteiger partial charge in [-0.25, -0.2) is 0 Å². The Balaban J connectivity index is 2.29. The monoisotopic (exact) mass is 276 g/mol. The van der Waals surface area contributed by atoms with Crippen LogP contribution in [0.2, 0.25) is 0 Å². The van der Waals surface area contributed by atoms with Crippen molar-refractivity contribution in [2.24, 2.45) is 0 Å². The van der Waals surface area contributed by atoms with E-state index in [1.165, 1.54) is 0 Å². The lowest BCUT2D eigenvalue weighted by Gasteiger charge is -2.27. The Morgan fingerprint density at radius 1 is 1.21 bits per heavy atom. The van der Waals surface area contributed by atoms with Gasteiger partial charge in [-0.05, 0) is 45.4 Å². The molecule has 1 aromatic carbocycles. The molecular weight excluding hydrogens is 256 g/mol. The molecule has 0 fully saturated rings. The van der Waals surface area contributed by atoms with E-state index in [1.807, 2.05) is 52.0 Å². The molecule has 0 aliphatic rings. The van der Waals surface area contributed by atoms with Crippen molar-refractivity contribution in [3.63, 3.8) is 0 Å². The van der Waals surface area contributed by atoms with Crippen molar-refractivity contribution in [2.75, 3.05) is 0 Å². The van der Waals surface area contributed by atoms with E-state index in [0.29, 0.717) is 0 Å². The number of nitrogens with one attached hydrogen (secondary N) is 1. The van der Waals surface area contributed by atoms with Crippen molar-refractivity contribution >= 4 is 22.3 Å². The van der Waals surface area contributed by atoms with Crippen LogP contribution in [0.5, 0.6) is 0 Å². The minimum absolute atomic E-state index is 0.0213. The van der Waals surface area contributed by atoms with Gasteiger partial charge in [0.25, 0.3) is 0 Å². The quantitative estimate of drug-likeness (QED) is 0.875. The number of pyridine rings is 1. The SMILES string of the molecule is C[C@H](N[S+]([O-])C(C)(C)C)c1ccnc2ccccc12. The van der Waals surface area contributed by atoms with E-state index in [2.05, 4.69) is 15.8 Å². The first-order chi connectivity index (χ1) is 8.89. The van der Waals surface area contributed by atoms with Crippen molar-refractivity contribution in [1.29, 1.82) is 0 Å². The van der Waals surface area contributed by atoms with Gasteiger partial charge in [0, 0.05) is 22.9 Å².